The van der Waals surface area contributed by atoms with Crippen molar-refractivity contribution in [3.8, 4) is 5.75 Å². The van der Waals surface area contributed by atoms with E-state index in [1.165, 1.54) is 0 Å². The van der Waals surface area contributed by atoms with Gasteiger partial charge in [0.2, 0.25) is 0 Å². The maximum atomic E-state index is 12.3. The molecule has 8 heteroatoms. The summed E-state index contributed by atoms with van der Waals surface area (Å²) in [5, 5.41) is 2.49. The highest BCUT2D eigenvalue weighted by Crippen LogP contribution is 2.17. The predicted octanol–water partition coefficient (Wildman–Crippen LogP) is 3.49. The fourth-order valence-corrected chi connectivity index (χ4v) is 2.63. The highest BCUT2D eigenvalue weighted by atomic mass is 79.9. The van der Waals surface area contributed by atoms with Gasteiger partial charge in [0.05, 0.1) is 6.10 Å². The fourth-order valence-electron chi connectivity index (χ4n) is 2.11. The second kappa shape index (κ2) is 9.48. The van der Waals surface area contributed by atoms with Crippen LogP contribution >= 0.6 is 28.1 Å². The molecule has 2 aromatic rings. The van der Waals surface area contributed by atoms with E-state index in [1.807, 2.05) is 26.8 Å². The van der Waals surface area contributed by atoms with Crippen LogP contribution in [0.25, 0.3) is 0 Å². The van der Waals surface area contributed by atoms with Crippen LogP contribution in [0.2, 0.25) is 0 Å². The molecule has 2 amide bonds. The van der Waals surface area contributed by atoms with Crippen molar-refractivity contribution in [3.63, 3.8) is 0 Å². The van der Waals surface area contributed by atoms with Gasteiger partial charge in [-0.1, -0.05) is 28.1 Å². The summed E-state index contributed by atoms with van der Waals surface area (Å²) in [5.74, 6) is -0.191. The second-order valence-corrected chi connectivity index (χ2v) is 7.28. The number of halogens is 1. The Balaban J connectivity index is 1.90. The third-order valence-electron chi connectivity index (χ3n) is 3.42. The molecule has 0 saturated heterocycles. The zero-order valence-corrected chi connectivity index (χ0v) is 17.5. The lowest BCUT2D eigenvalue weighted by Gasteiger charge is -2.13. The maximum Gasteiger partial charge on any atom is 0.269 e. The first kappa shape index (κ1) is 20.9. The number of benzene rings is 2. The number of hydrogen-bond donors (Lipinski definition) is 3. The van der Waals surface area contributed by atoms with E-state index in [-0.39, 0.29) is 17.1 Å². The summed E-state index contributed by atoms with van der Waals surface area (Å²) in [4.78, 5) is 24.4. The standard InChI is InChI=1S/C19H20BrN3O3S/c1-11(2)26-15-6-4-5-13(9-15)17(24)21-19(27)23-22-18(25)14-8-7-12(3)16(20)10-14/h4-11H,1-3H3,(H,22,25)(H2,21,23,24,27). The van der Waals surface area contributed by atoms with Crippen molar-refractivity contribution in [1.29, 1.82) is 0 Å². The molecular formula is C19H20BrN3O3S. The van der Waals surface area contributed by atoms with E-state index in [1.54, 1.807) is 36.4 Å². The monoisotopic (exact) mass is 449 g/mol. The molecule has 0 aliphatic heterocycles. The first-order chi connectivity index (χ1) is 12.8. The molecule has 0 atom stereocenters. The van der Waals surface area contributed by atoms with E-state index in [9.17, 15) is 9.59 Å². The molecule has 0 aromatic heterocycles. The molecule has 3 N–H and O–H groups in total. The summed E-state index contributed by atoms with van der Waals surface area (Å²) in [6, 6.07) is 12.0. The molecule has 27 heavy (non-hydrogen) atoms. The van der Waals surface area contributed by atoms with Crippen LogP contribution in [-0.4, -0.2) is 23.0 Å². The molecule has 0 aliphatic carbocycles. The minimum Gasteiger partial charge on any atom is -0.491 e. The quantitative estimate of drug-likeness (QED) is 0.491. The lowest BCUT2D eigenvalue weighted by molar-refractivity contribution is 0.0934. The van der Waals surface area contributed by atoms with Crippen LogP contribution in [0.4, 0.5) is 0 Å². The molecule has 0 fully saturated rings. The van der Waals surface area contributed by atoms with Gasteiger partial charge in [-0.3, -0.25) is 25.8 Å². The van der Waals surface area contributed by atoms with Crippen molar-refractivity contribution in [2.24, 2.45) is 0 Å². The van der Waals surface area contributed by atoms with Gasteiger partial charge in [-0.25, -0.2) is 0 Å². The van der Waals surface area contributed by atoms with Crippen molar-refractivity contribution in [2.45, 2.75) is 26.9 Å². The largest absolute Gasteiger partial charge is 0.491 e. The Morgan fingerprint density at radius 1 is 1.04 bits per heavy atom. The summed E-state index contributed by atoms with van der Waals surface area (Å²) in [7, 11) is 0. The molecule has 0 radical (unpaired) electrons. The Bertz CT molecular complexity index is 871. The third-order valence-corrected chi connectivity index (χ3v) is 4.48. The Morgan fingerprint density at radius 3 is 2.41 bits per heavy atom. The van der Waals surface area contributed by atoms with Gasteiger partial charge in [-0.05, 0) is 68.9 Å². The molecule has 0 heterocycles. The van der Waals surface area contributed by atoms with E-state index in [0.29, 0.717) is 16.9 Å². The van der Waals surface area contributed by atoms with Gasteiger partial charge in [0.1, 0.15) is 5.75 Å². The zero-order chi connectivity index (χ0) is 20.0. The molecular weight excluding hydrogens is 430 g/mol. The first-order valence-electron chi connectivity index (χ1n) is 8.21. The van der Waals surface area contributed by atoms with E-state index in [4.69, 9.17) is 17.0 Å². The average molecular weight is 450 g/mol. The van der Waals surface area contributed by atoms with Crippen molar-refractivity contribution >= 4 is 45.1 Å². The molecule has 2 aromatic carbocycles. The molecule has 0 spiro atoms. The van der Waals surface area contributed by atoms with E-state index in [2.05, 4.69) is 32.1 Å². The molecule has 0 unspecified atom stereocenters. The summed E-state index contributed by atoms with van der Waals surface area (Å²) >= 11 is 8.43. The normalized spacial score (nSPS) is 10.3. The number of hydrazine groups is 1. The van der Waals surface area contributed by atoms with Crippen molar-refractivity contribution in [3.05, 3.63) is 63.6 Å². The number of hydrogen-bond acceptors (Lipinski definition) is 4. The van der Waals surface area contributed by atoms with Gasteiger partial charge in [0.25, 0.3) is 11.8 Å². The molecule has 2 rings (SSSR count). The van der Waals surface area contributed by atoms with Crippen LogP contribution < -0.4 is 20.9 Å². The van der Waals surface area contributed by atoms with Crippen LogP contribution in [0.1, 0.15) is 40.1 Å². The van der Waals surface area contributed by atoms with Gasteiger partial charge >= 0.3 is 0 Å². The van der Waals surface area contributed by atoms with Crippen LogP contribution in [-0.2, 0) is 0 Å². The topological polar surface area (TPSA) is 79.5 Å². The highest BCUT2D eigenvalue weighted by Gasteiger charge is 2.11. The summed E-state index contributed by atoms with van der Waals surface area (Å²) in [5.41, 5.74) is 6.83. The van der Waals surface area contributed by atoms with Gasteiger partial charge in [-0.2, -0.15) is 0 Å². The first-order valence-corrected chi connectivity index (χ1v) is 9.41. The van der Waals surface area contributed by atoms with Crippen LogP contribution in [0.5, 0.6) is 5.75 Å². The van der Waals surface area contributed by atoms with Gasteiger partial charge in [0, 0.05) is 15.6 Å². The Morgan fingerprint density at radius 2 is 1.74 bits per heavy atom. The fraction of sp³-hybridized carbons (Fsp3) is 0.211. The number of amides is 2. The van der Waals surface area contributed by atoms with Crippen LogP contribution in [0, 0.1) is 6.92 Å². The third kappa shape index (κ3) is 6.33. The number of thiocarbonyl (C=S) groups is 1. The predicted molar refractivity (Wildman–Crippen MR) is 112 cm³/mol. The Labute approximate surface area is 171 Å². The number of carbonyl (C=O) groups is 2. The molecule has 142 valence electrons. The SMILES string of the molecule is Cc1ccc(C(=O)NNC(=S)NC(=O)c2cccc(OC(C)C)c2)cc1Br. The zero-order valence-electron chi connectivity index (χ0n) is 15.1. The summed E-state index contributed by atoms with van der Waals surface area (Å²) in [6.45, 7) is 5.73. The van der Waals surface area contributed by atoms with Gasteiger partial charge in [0.15, 0.2) is 5.11 Å². The minimum atomic E-state index is -0.408. The number of aryl methyl sites for hydroxylation is 1. The lowest BCUT2D eigenvalue weighted by atomic mass is 10.1. The number of rotatable bonds is 4. The average Bonchev–Trinajstić information content (AvgIpc) is 2.61. The molecule has 0 aliphatic rings. The van der Waals surface area contributed by atoms with Crippen molar-refractivity contribution in [2.75, 3.05) is 0 Å². The maximum absolute atomic E-state index is 12.3. The van der Waals surface area contributed by atoms with Gasteiger partial charge in [-0.15, -0.1) is 0 Å². The number of carbonyl (C=O) groups excluding carboxylic acids is 2. The highest BCUT2D eigenvalue weighted by molar-refractivity contribution is 9.10. The Kier molecular flexibility index (Phi) is 7.32. The molecule has 0 bridgehead atoms. The second-order valence-electron chi connectivity index (χ2n) is 6.02. The smallest absolute Gasteiger partial charge is 0.269 e. The number of ether oxygens (including phenoxy) is 1. The van der Waals surface area contributed by atoms with E-state index in [0.717, 1.165) is 10.0 Å². The van der Waals surface area contributed by atoms with Crippen LogP contribution in [0.15, 0.2) is 46.9 Å². The number of nitrogens with one attached hydrogen (secondary N) is 3. The lowest BCUT2D eigenvalue weighted by Crippen LogP contribution is -2.48. The van der Waals surface area contributed by atoms with Crippen molar-refractivity contribution < 1.29 is 14.3 Å². The molecule has 6 nitrogen and oxygen atoms in total. The summed E-state index contributed by atoms with van der Waals surface area (Å²) < 4.78 is 6.39. The van der Waals surface area contributed by atoms with E-state index < -0.39 is 5.91 Å². The Hall–Kier alpha value is -2.45. The van der Waals surface area contributed by atoms with E-state index >= 15 is 0 Å². The minimum absolute atomic E-state index is 0.00285. The van der Waals surface area contributed by atoms with Gasteiger partial charge < -0.3 is 4.74 Å². The molecule has 0 saturated carbocycles. The van der Waals surface area contributed by atoms with Crippen molar-refractivity contribution in [1.82, 2.24) is 16.2 Å². The summed E-state index contributed by atoms with van der Waals surface area (Å²) in [6.07, 6.45) is 0.00285. The van der Waals surface area contributed by atoms with Crippen LogP contribution in [0.3, 0.4) is 0 Å².